The van der Waals surface area contributed by atoms with Crippen LogP contribution in [0.5, 0.6) is 0 Å². The summed E-state index contributed by atoms with van der Waals surface area (Å²) in [4.78, 5) is 40.6. The van der Waals surface area contributed by atoms with Gasteiger partial charge in [0.05, 0.1) is 25.7 Å². The first-order valence-electron chi connectivity index (χ1n) is 13.8. The molecule has 1 heterocycles. The molecular formula is C26H44N4O6. The average Bonchev–Trinajstić information content (AvgIpc) is 2.89. The maximum Gasteiger partial charge on any atom is 0.413 e. The number of rotatable bonds is 12. The highest BCUT2D eigenvalue weighted by molar-refractivity contribution is 5.97. The minimum atomic E-state index is -0.577. The number of amides is 2. The molecule has 3 rings (SSSR count). The van der Waals surface area contributed by atoms with Crippen molar-refractivity contribution in [1.82, 2.24) is 16.0 Å². The van der Waals surface area contributed by atoms with Gasteiger partial charge in [-0.1, -0.05) is 38.5 Å². The van der Waals surface area contributed by atoms with Gasteiger partial charge in [-0.3, -0.25) is 10.1 Å². The zero-order chi connectivity index (χ0) is 25.6. The van der Waals surface area contributed by atoms with Crippen molar-refractivity contribution >= 4 is 23.9 Å². The fraction of sp³-hybridized carbons (Fsp3) is 0.846. The van der Waals surface area contributed by atoms with Crippen LogP contribution in [0.2, 0.25) is 0 Å². The predicted octanol–water partition coefficient (Wildman–Crippen LogP) is 3.25. The minimum absolute atomic E-state index is 0.137. The first kappa shape index (κ1) is 28.2. The SMILES string of the molecule is CCOC(=O)C1NC(=O)[C@@H]1CCCN/C(=N/COCC1CCCCC1)NC(=O)OCC1CCCCC1. The van der Waals surface area contributed by atoms with Gasteiger partial charge in [-0.25, -0.2) is 14.6 Å². The van der Waals surface area contributed by atoms with Crippen LogP contribution < -0.4 is 16.0 Å². The van der Waals surface area contributed by atoms with E-state index in [1.807, 2.05) is 0 Å². The van der Waals surface area contributed by atoms with Crippen LogP contribution in [0.15, 0.2) is 4.99 Å². The van der Waals surface area contributed by atoms with E-state index in [2.05, 4.69) is 20.9 Å². The Morgan fingerprint density at radius 2 is 1.64 bits per heavy atom. The maximum absolute atomic E-state index is 12.4. The Morgan fingerprint density at radius 1 is 0.972 bits per heavy atom. The summed E-state index contributed by atoms with van der Waals surface area (Å²) in [6, 6.07) is -0.577. The smallest absolute Gasteiger partial charge is 0.413 e. The molecule has 204 valence electrons. The normalized spacial score (nSPS) is 23.4. The number of alkyl carbamates (subject to hydrolysis) is 1. The fourth-order valence-corrected chi connectivity index (χ4v) is 5.20. The molecule has 1 unspecified atom stereocenters. The Kier molecular flexibility index (Phi) is 12.3. The topological polar surface area (TPSA) is 127 Å². The van der Waals surface area contributed by atoms with E-state index >= 15 is 0 Å². The van der Waals surface area contributed by atoms with Crippen LogP contribution >= 0.6 is 0 Å². The number of nitrogens with zero attached hydrogens (tertiary/aromatic N) is 1. The van der Waals surface area contributed by atoms with Gasteiger partial charge in [0.2, 0.25) is 11.9 Å². The highest BCUT2D eigenvalue weighted by atomic mass is 16.5. The first-order valence-corrected chi connectivity index (χ1v) is 13.8. The number of aliphatic imine (C=N–C) groups is 1. The molecule has 10 nitrogen and oxygen atoms in total. The minimum Gasteiger partial charge on any atom is -0.464 e. The summed E-state index contributed by atoms with van der Waals surface area (Å²) in [5.74, 6) is 0.389. The van der Waals surface area contributed by atoms with E-state index in [1.54, 1.807) is 6.92 Å². The third-order valence-electron chi connectivity index (χ3n) is 7.35. The molecule has 0 radical (unpaired) electrons. The van der Waals surface area contributed by atoms with Gasteiger partial charge in [-0.15, -0.1) is 0 Å². The van der Waals surface area contributed by atoms with Gasteiger partial charge in [0, 0.05) is 6.54 Å². The summed E-state index contributed by atoms with van der Waals surface area (Å²) in [5, 5.41) is 8.44. The second-order valence-corrected chi connectivity index (χ2v) is 10.2. The van der Waals surface area contributed by atoms with E-state index in [-0.39, 0.29) is 19.2 Å². The molecule has 3 aliphatic rings. The predicted molar refractivity (Wildman–Crippen MR) is 135 cm³/mol. The molecule has 0 aromatic rings. The van der Waals surface area contributed by atoms with Gasteiger partial charge in [0.15, 0.2) is 0 Å². The van der Waals surface area contributed by atoms with Crippen LogP contribution in [0.25, 0.3) is 0 Å². The van der Waals surface area contributed by atoms with Crippen LogP contribution in [0.1, 0.15) is 84.0 Å². The van der Waals surface area contributed by atoms with Crippen molar-refractivity contribution in [2.45, 2.75) is 90.0 Å². The van der Waals surface area contributed by atoms with Gasteiger partial charge in [0.25, 0.3) is 0 Å². The van der Waals surface area contributed by atoms with Crippen molar-refractivity contribution < 1.29 is 28.6 Å². The molecule has 2 amide bonds. The number of esters is 1. The summed E-state index contributed by atoms with van der Waals surface area (Å²) < 4.78 is 16.2. The molecule has 2 saturated carbocycles. The molecule has 0 spiro atoms. The van der Waals surface area contributed by atoms with Crippen molar-refractivity contribution in [1.29, 1.82) is 0 Å². The van der Waals surface area contributed by atoms with Crippen molar-refractivity contribution in [2.75, 3.05) is 33.1 Å². The van der Waals surface area contributed by atoms with E-state index in [1.165, 1.54) is 51.4 Å². The van der Waals surface area contributed by atoms with E-state index in [0.29, 0.717) is 50.4 Å². The molecule has 10 heteroatoms. The van der Waals surface area contributed by atoms with Gasteiger partial charge in [0.1, 0.15) is 12.8 Å². The second-order valence-electron chi connectivity index (χ2n) is 10.2. The highest BCUT2D eigenvalue weighted by Gasteiger charge is 2.44. The monoisotopic (exact) mass is 508 g/mol. The summed E-state index contributed by atoms with van der Waals surface area (Å²) in [6.07, 6.45) is 12.7. The summed E-state index contributed by atoms with van der Waals surface area (Å²) in [6.45, 7) is 3.74. The molecule has 3 N–H and O–H groups in total. The Balaban J connectivity index is 1.42. The molecule has 36 heavy (non-hydrogen) atoms. The summed E-state index contributed by atoms with van der Waals surface area (Å²) in [7, 11) is 0. The first-order chi connectivity index (χ1) is 17.6. The number of carbonyl (C=O) groups excluding carboxylic acids is 3. The van der Waals surface area contributed by atoms with Gasteiger partial charge in [-0.05, 0) is 57.3 Å². The number of guanidine groups is 1. The largest absolute Gasteiger partial charge is 0.464 e. The van der Waals surface area contributed by atoms with Gasteiger partial charge >= 0.3 is 12.1 Å². The third-order valence-corrected chi connectivity index (χ3v) is 7.35. The Labute approximate surface area is 214 Å². The van der Waals surface area contributed by atoms with Gasteiger partial charge in [-0.2, -0.15) is 0 Å². The quantitative estimate of drug-likeness (QED) is 0.121. The molecule has 0 aromatic carbocycles. The number of hydrogen-bond acceptors (Lipinski definition) is 7. The lowest BCUT2D eigenvalue weighted by Crippen LogP contribution is -2.62. The molecule has 1 aliphatic heterocycles. The summed E-state index contributed by atoms with van der Waals surface area (Å²) in [5.41, 5.74) is 0. The van der Waals surface area contributed by atoms with Crippen LogP contribution in [0.3, 0.4) is 0 Å². The molecule has 0 aromatic heterocycles. The molecule has 0 bridgehead atoms. The average molecular weight is 509 g/mol. The fourth-order valence-electron chi connectivity index (χ4n) is 5.20. The van der Waals surface area contributed by atoms with E-state index in [4.69, 9.17) is 14.2 Å². The Bertz CT molecular complexity index is 734. The van der Waals surface area contributed by atoms with Crippen molar-refractivity contribution in [3.05, 3.63) is 0 Å². The van der Waals surface area contributed by atoms with Crippen molar-refractivity contribution in [2.24, 2.45) is 22.7 Å². The van der Waals surface area contributed by atoms with E-state index < -0.39 is 24.0 Å². The number of hydrogen-bond donors (Lipinski definition) is 3. The van der Waals surface area contributed by atoms with Gasteiger partial charge < -0.3 is 24.8 Å². The molecule has 2 atom stereocenters. The van der Waals surface area contributed by atoms with Crippen LogP contribution in [0.4, 0.5) is 4.79 Å². The Morgan fingerprint density at radius 3 is 2.28 bits per heavy atom. The lowest BCUT2D eigenvalue weighted by Gasteiger charge is -2.34. The number of nitrogens with one attached hydrogen (secondary N) is 3. The van der Waals surface area contributed by atoms with E-state index in [9.17, 15) is 14.4 Å². The number of ether oxygens (including phenoxy) is 3. The van der Waals surface area contributed by atoms with Crippen molar-refractivity contribution in [3.8, 4) is 0 Å². The van der Waals surface area contributed by atoms with Crippen LogP contribution in [0, 0.1) is 17.8 Å². The maximum atomic E-state index is 12.4. The summed E-state index contributed by atoms with van der Waals surface area (Å²) >= 11 is 0. The Hall–Kier alpha value is -2.36. The lowest BCUT2D eigenvalue weighted by atomic mass is 9.86. The number of β-lactam (4-membered cyclic amide) rings is 1. The standard InChI is InChI=1S/C26H44N4O6/c1-2-35-24(32)22-21(23(31)29-22)14-9-15-27-25(28-18-34-16-19-10-5-3-6-11-19)30-26(33)36-17-20-12-7-4-8-13-20/h19-22H,2-18H2,1H3,(H,29,31)(H2,27,28,30,33)/t21-,22?/m1/s1. The zero-order valence-electron chi connectivity index (χ0n) is 21.7. The van der Waals surface area contributed by atoms with Crippen LogP contribution in [-0.4, -0.2) is 63.1 Å². The molecule has 3 fully saturated rings. The van der Waals surface area contributed by atoms with Crippen LogP contribution in [-0.2, 0) is 23.8 Å². The van der Waals surface area contributed by atoms with Crippen molar-refractivity contribution in [3.63, 3.8) is 0 Å². The zero-order valence-corrected chi connectivity index (χ0v) is 21.7. The number of carbonyl (C=O) groups is 3. The molecule has 1 saturated heterocycles. The van der Waals surface area contributed by atoms with E-state index in [0.717, 1.165) is 12.8 Å². The third kappa shape index (κ3) is 9.59. The molecular weight excluding hydrogens is 464 g/mol. The molecule has 2 aliphatic carbocycles. The highest BCUT2D eigenvalue weighted by Crippen LogP contribution is 2.24. The second kappa shape index (κ2) is 15.7. The lowest BCUT2D eigenvalue weighted by molar-refractivity contribution is -0.157.